The van der Waals surface area contributed by atoms with Gasteiger partial charge in [-0.1, -0.05) is 43.7 Å². The first-order chi connectivity index (χ1) is 12.4. The number of aryl methyl sites for hydroxylation is 1. The number of hydrogen-bond donors (Lipinski definition) is 1. The van der Waals surface area contributed by atoms with E-state index in [2.05, 4.69) is 50.4 Å². The molecule has 1 N–H and O–H groups in total. The predicted molar refractivity (Wildman–Crippen MR) is 109 cm³/mol. The van der Waals surface area contributed by atoms with E-state index in [4.69, 9.17) is 0 Å². The minimum atomic E-state index is 0.0421. The van der Waals surface area contributed by atoms with Crippen molar-refractivity contribution in [1.82, 2.24) is 10.2 Å². The molecule has 1 aromatic rings. The molecule has 1 aliphatic heterocycles. The Labute approximate surface area is 162 Å². The third-order valence-electron chi connectivity index (χ3n) is 5.20. The van der Waals surface area contributed by atoms with E-state index < -0.39 is 0 Å². The van der Waals surface area contributed by atoms with Gasteiger partial charge in [-0.2, -0.15) is 0 Å². The Balaban J connectivity index is 1.69. The fourth-order valence-corrected chi connectivity index (χ4v) is 3.82. The van der Waals surface area contributed by atoms with Gasteiger partial charge in [0.1, 0.15) is 0 Å². The first-order valence-electron chi connectivity index (χ1n) is 9.58. The molecule has 4 nitrogen and oxygen atoms in total. The second-order valence-electron chi connectivity index (χ2n) is 7.67. The summed E-state index contributed by atoms with van der Waals surface area (Å²) in [5.41, 5.74) is 2.51. The van der Waals surface area contributed by atoms with Crippen molar-refractivity contribution in [2.45, 2.75) is 52.3 Å². The zero-order valence-electron chi connectivity index (χ0n) is 16.5. The summed E-state index contributed by atoms with van der Waals surface area (Å²) < 4.78 is 0. The quantitative estimate of drug-likeness (QED) is 0.791. The zero-order valence-corrected chi connectivity index (χ0v) is 17.3. The van der Waals surface area contributed by atoms with Crippen LogP contribution in [0.1, 0.15) is 44.7 Å². The summed E-state index contributed by atoms with van der Waals surface area (Å²) in [6, 6.07) is 8.64. The number of carbonyl (C=O) groups is 2. The maximum Gasteiger partial charge on any atom is 0.232 e. The van der Waals surface area contributed by atoms with Crippen molar-refractivity contribution in [3.8, 4) is 0 Å². The average Bonchev–Trinajstić information content (AvgIpc) is 2.63. The molecule has 5 heteroatoms. The summed E-state index contributed by atoms with van der Waals surface area (Å²) in [6.07, 6.45) is 1.54. The predicted octanol–water partition coefficient (Wildman–Crippen LogP) is 3.63. The van der Waals surface area contributed by atoms with Gasteiger partial charge in [0.25, 0.3) is 0 Å². The molecule has 144 valence electrons. The summed E-state index contributed by atoms with van der Waals surface area (Å²) in [5.74, 6) is 2.18. The number of hydrogen-bond acceptors (Lipinski definition) is 3. The van der Waals surface area contributed by atoms with Gasteiger partial charge >= 0.3 is 0 Å². The molecule has 0 aliphatic carbocycles. The highest BCUT2D eigenvalue weighted by Gasteiger charge is 2.28. The topological polar surface area (TPSA) is 49.4 Å². The van der Waals surface area contributed by atoms with Crippen molar-refractivity contribution in [3.05, 3.63) is 35.4 Å². The van der Waals surface area contributed by atoms with E-state index in [0.717, 1.165) is 18.6 Å². The van der Waals surface area contributed by atoms with Gasteiger partial charge < -0.3 is 10.2 Å². The van der Waals surface area contributed by atoms with Gasteiger partial charge in [0.05, 0.1) is 5.75 Å². The molecule has 0 saturated carbocycles. The van der Waals surface area contributed by atoms with Crippen LogP contribution in [0.5, 0.6) is 0 Å². The fourth-order valence-electron chi connectivity index (χ4n) is 2.93. The van der Waals surface area contributed by atoms with Gasteiger partial charge in [-0.05, 0) is 38.2 Å². The lowest BCUT2D eigenvalue weighted by Crippen LogP contribution is -2.46. The van der Waals surface area contributed by atoms with Crippen LogP contribution in [-0.4, -0.2) is 41.6 Å². The largest absolute Gasteiger partial charge is 0.353 e. The van der Waals surface area contributed by atoms with Gasteiger partial charge in [-0.3, -0.25) is 9.59 Å². The zero-order chi connectivity index (χ0) is 19.1. The molecule has 1 aromatic carbocycles. The van der Waals surface area contributed by atoms with Gasteiger partial charge in [-0.25, -0.2) is 0 Å². The second-order valence-corrected chi connectivity index (χ2v) is 8.66. The van der Waals surface area contributed by atoms with Crippen molar-refractivity contribution in [1.29, 1.82) is 0 Å². The molecule has 2 amide bonds. The lowest BCUT2D eigenvalue weighted by molar-refractivity contribution is -0.134. The summed E-state index contributed by atoms with van der Waals surface area (Å²) >= 11 is 1.66. The molecule has 0 aromatic heterocycles. The van der Waals surface area contributed by atoms with Gasteiger partial charge in [0.2, 0.25) is 11.8 Å². The van der Waals surface area contributed by atoms with E-state index >= 15 is 0 Å². The molecule has 2 rings (SSSR count). The Kier molecular flexibility index (Phi) is 8.01. The molecule has 1 heterocycles. The van der Waals surface area contributed by atoms with Gasteiger partial charge in [0, 0.05) is 30.8 Å². The highest BCUT2D eigenvalue weighted by molar-refractivity contribution is 7.99. The first kappa shape index (κ1) is 20.8. The summed E-state index contributed by atoms with van der Waals surface area (Å²) in [4.78, 5) is 26.6. The Bertz CT molecular complexity index is 593. The average molecular weight is 377 g/mol. The Morgan fingerprint density at radius 2 is 1.77 bits per heavy atom. The summed E-state index contributed by atoms with van der Waals surface area (Å²) in [7, 11) is 0. The van der Waals surface area contributed by atoms with Crippen LogP contribution in [0, 0.1) is 18.8 Å². The van der Waals surface area contributed by atoms with Crippen LogP contribution in [-0.2, 0) is 15.3 Å². The SMILES string of the molecule is Cc1ccc(CSCC(=O)N2CCC(C(=O)NC(C)C(C)C)CC2)cc1. The van der Waals surface area contributed by atoms with Crippen LogP contribution in [0.2, 0.25) is 0 Å². The Morgan fingerprint density at radius 3 is 2.35 bits per heavy atom. The first-order valence-corrected chi connectivity index (χ1v) is 10.7. The number of likely N-dealkylation sites (tertiary alicyclic amines) is 1. The second kappa shape index (κ2) is 10.0. The third kappa shape index (κ3) is 6.35. The third-order valence-corrected chi connectivity index (χ3v) is 6.19. The van der Waals surface area contributed by atoms with Crippen LogP contribution in [0.15, 0.2) is 24.3 Å². The highest BCUT2D eigenvalue weighted by Crippen LogP contribution is 2.20. The van der Waals surface area contributed by atoms with Crippen molar-refractivity contribution in [3.63, 3.8) is 0 Å². The maximum atomic E-state index is 12.4. The van der Waals surface area contributed by atoms with Crippen LogP contribution < -0.4 is 5.32 Å². The number of rotatable bonds is 7. The molecule has 26 heavy (non-hydrogen) atoms. The molecule has 1 aliphatic rings. The molecular weight excluding hydrogens is 344 g/mol. The van der Waals surface area contributed by atoms with Crippen molar-refractivity contribution >= 4 is 23.6 Å². The lowest BCUT2D eigenvalue weighted by Gasteiger charge is -2.32. The van der Waals surface area contributed by atoms with E-state index in [0.29, 0.717) is 24.8 Å². The molecule has 0 bridgehead atoms. The molecule has 0 spiro atoms. The van der Waals surface area contributed by atoms with E-state index in [-0.39, 0.29) is 23.8 Å². The molecule has 1 atom stereocenters. The standard InChI is InChI=1S/C21H32N2O2S/c1-15(2)17(4)22-21(25)19-9-11-23(12-10-19)20(24)14-26-13-18-7-5-16(3)6-8-18/h5-8,15,17,19H,9-14H2,1-4H3,(H,22,25). The monoisotopic (exact) mass is 376 g/mol. The van der Waals surface area contributed by atoms with Crippen LogP contribution in [0.3, 0.4) is 0 Å². The van der Waals surface area contributed by atoms with E-state index in [1.165, 1.54) is 11.1 Å². The van der Waals surface area contributed by atoms with E-state index in [9.17, 15) is 9.59 Å². The van der Waals surface area contributed by atoms with Gasteiger partial charge in [0.15, 0.2) is 0 Å². The number of benzene rings is 1. The number of piperidine rings is 1. The molecule has 1 unspecified atom stereocenters. The lowest BCUT2D eigenvalue weighted by atomic mass is 9.95. The van der Waals surface area contributed by atoms with E-state index in [1.54, 1.807) is 11.8 Å². The smallest absolute Gasteiger partial charge is 0.232 e. The van der Waals surface area contributed by atoms with Gasteiger partial charge in [-0.15, -0.1) is 11.8 Å². The number of nitrogens with one attached hydrogen (secondary N) is 1. The van der Waals surface area contributed by atoms with Crippen LogP contribution in [0.25, 0.3) is 0 Å². The Morgan fingerprint density at radius 1 is 1.15 bits per heavy atom. The number of nitrogens with zero attached hydrogens (tertiary/aromatic N) is 1. The number of carbonyl (C=O) groups excluding carboxylic acids is 2. The molecule has 1 fully saturated rings. The minimum Gasteiger partial charge on any atom is -0.353 e. The molecule has 1 saturated heterocycles. The van der Waals surface area contributed by atoms with Crippen molar-refractivity contribution < 1.29 is 9.59 Å². The maximum absolute atomic E-state index is 12.4. The number of thioether (sulfide) groups is 1. The summed E-state index contributed by atoms with van der Waals surface area (Å²) in [6.45, 7) is 9.73. The van der Waals surface area contributed by atoms with Crippen LogP contribution in [0.4, 0.5) is 0 Å². The molecule has 0 radical (unpaired) electrons. The van der Waals surface area contributed by atoms with E-state index in [1.807, 2.05) is 11.8 Å². The Hall–Kier alpha value is -1.49. The minimum absolute atomic E-state index is 0.0421. The van der Waals surface area contributed by atoms with Crippen molar-refractivity contribution in [2.24, 2.45) is 11.8 Å². The summed E-state index contributed by atoms with van der Waals surface area (Å²) in [5, 5.41) is 3.10. The fraction of sp³-hybridized carbons (Fsp3) is 0.619. The van der Waals surface area contributed by atoms with Crippen LogP contribution >= 0.6 is 11.8 Å². The highest BCUT2D eigenvalue weighted by atomic mass is 32.2. The molecular formula is C21H32N2O2S. The normalized spacial score (nSPS) is 16.6. The van der Waals surface area contributed by atoms with Crippen molar-refractivity contribution in [2.75, 3.05) is 18.8 Å². The number of amides is 2.